The van der Waals surface area contributed by atoms with Crippen LogP contribution in [0.15, 0.2) is 29.0 Å². The van der Waals surface area contributed by atoms with Crippen molar-refractivity contribution in [1.82, 2.24) is 14.9 Å². The predicted molar refractivity (Wildman–Crippen MR) is 77.2 cm³/mol. The van der Waals surface area contributed by atoms with E-state index in [9.17, 15) is 22.4 Å². The quantitative estimate of drug-likeness (QED) is 0.748. The molecule has 26 heavy (non-hydrogen) atoms. The zero-order chi connectivity index (χ0) is 18.7. The van der Waals surface area contributed by atoms with Crippen molar-refractivity contribution < 1.29 is 36.2 Å². The average Bonchev–Trinajstić information content (AvgIpc) is 3.21. The molecule has 0 spiro atoms. The topological polar surface area (TPSA) is 77.7 Å². The Balaban J connectivity index is 1.54. The summed E-state index contributed by atoms with van der Waals surface area (Å²) in [6.07, 6.45) is -3.38. The maximum Gasteiger partial charge on any atom is 0.574 e. The average molecular weight is 375 g/mol. The molecule has 1 saturated heterocycles. The van der Waals surface area contributed by atoms with Gasteiger partial charge in [-0.2, -0.15) is 0 Å². The summed E-state index contributed by atoms with van der Waals surface area (Å²) in [6, 6.07) is 2.22. The van der Waals surface area contributed by atoms with Crippen LogP contribution in [0.5, 0.6) is 11.6 Å². The molecule has 140 valence electrons. The number of ether oxygens (including phenoxy) is 2. The van der Waals surface area contributed by atoms with Gasteiger partial charge in [0.05, 0.1) is 12.7 Å². The summed E-state index contributed by atoms with van der Waals surface area (Å²) >= 11 is 0. The molecular formula is C15H13F4N3O4. The van der Waals surface area contributed by atoms with Crippen LogP contribution < -0.4 is 9.47 Å². The summed E-state index contributed by atoms with van der Waals surface area (Å²) in [5, 5.41) is 0. The van der Waals surface area contributed by atoms with Gasteiger partial charge in [0.2, 0.25) is 11.8 Å². The minimum atomic E-state index is -4.83. The van der Waals surface area contributed by atoms with Crippen LogP contribution in [0.2, 0.25) is 0 Å². The van der Waals surface area contributed by atoms with Crippen LogP contribution in [0.1, 0.15) is 22.8 Å². The Morgan fingerprint density at radius 3 is 2.81 bits per heavy atom. The van der Waals surface area contributed by atoms with E-state index >= 15 is 0 Å². The molecule has 3 rings (SSSR count). The molecular weight excluding hydrogens is 362 g/mol. The van der Waals surface area contributed by atoms with Crippen LogP contribution in [0.4, 0.5) is 17.6 Å². The maximum atomic E-state index is 13.1. The first-order valence-corrected chi connectivity index (χ1v) is 7.52. The Morgan fingerprint density at radius 2 is 2.19 bits per heavy atom. The van der Waals surface area contributed by atoms with Crippen molar-refractivity contribution in [2.75, 3.05) is 13.1 Å². The summed E-state index contributed by atoms with van der Waals surface area (Å²) in [6.45, 7) is 0.173. The van der Waals surface area contributed by atoms with Gasteiger partial charge in [0, 0.05) is 12.6 Å². The molecule has 11 heteroatoms. The highest BCUT2D eigenvalue weighted by Gasteiger charge is 2.31. The number of aromatic nitrogens is 2. The molecule has 2 aromatic heterocycles. The molecule has 0 saturated carbocycles. The minimum absolute atomic E-state index is 0.0234. The van der Waals surface area contributed by atoms with E-state index in [1.165, 1.54) is 11.0 Å². The first-order valence-electron chi connectivity index (χ1n) is 7.52. The predicted octanol–water partition coefficient (Wildman–Crippen LogP) is 2.73. The number of carbonyl (C=O) groups excluding carboxylic acids is 1. The molecule has 1 fully saturated rings. The van der Waals surface area contributed by atoms with Gasteiger partial charge in [-0.15, -0.1) is 13.2 Å². The highest BCUT2D eigenvalue weighted by Crippen LogP contribution is 2.22. The second-order valence-corrected chi connectivity index (χ2v) is 5.43. The van der Waals surface area contributed by atoms with E-state index in [2.05, 4.69) is 14.7 Å². The number of amides is 1. The number of carbonyl (C=O) groups is 1. The number of hydrogen-bond donors (Lipinski definition) is 0. The van der Waals surface area contributed by atoms with Crippen molar-refractivity contribution in [2.24, 2.45) is 0 Å². The molecule has 0 aromatic carbocycles. The highest BCUT2D eigenvalue weighted by atomic mass is 19.4. The molecule has 1 atom stereocenters. The molecule has 0 N–H and O–H groups in total. The lowest BCUT2D eigenvalue weighted by molar-refractivity contribution is -0.276. The zero-order valence-corrected chi connectivity index (χ0v) is 13.2. The van der Waals surface area contributed by atoms with E-state index in [0.717, 1.165) is 18.5 Å². The first kappa shape index (κ1) is 18.0. The number of nitrogens with zero attached hydrogens (tertiary/aromatic N) is 3. The van der Waals surface area contributed by atoms with Gasteiger partial charge < -0.3 is 18.8 Å². The van der Waals surface area contributed by atoms with E-state index in [-0.39, 0.29) is 30.5 Å². The molecule has 1 aliphatic rings. The summed E-state index contributed by atoms with van der Waals surface area (Å²) in [7, 11) is 0. The molecule has 0 radical (unpaired) electrons. The van der Waals surface area contributed by atoms with Gasteiger partial charge in [-0.1, -0.05) is 0 Å². The van der Waals surface area contributed by atoms with Crippen LogP contribution in [0.3, 0.4) is 0 Å². The number of hydrogen-bond acceptors (Lipinski definition) is 6. The van der Waals surface area contributed by atoms with Gasteiger partial charge >= 0.3 is 6.36 Å². The fourth-order valence-corrected chi connectivity index (χ4v) is 2.32. The molecule has 7 nitrogen and oxygen atoms in total. The number of rotatable bonds is 5. The van der Waals surface area contributed by atoms with E-state index in [1.54, 1.807) is 0 Å². The van der Waals surface area contributed by atoms with Crippen LogP contribution in [0.25, 0.3) is 0 Å². The number of halogens is 4. The van der Waals surface area contributed by atoms with Crippen molar-refractivity contribution in [1.29, 1.82) is 0 Å². The molecule has 1 amide bonds. The summed E-state index contributed by atoms with van der Waals surface area (Å²) in [5.74, 6) is -0.813. The first-order chi connectivity index (χ1) is 12.3. The molecule has 0 aliphatic carbocycles. The Hall–Kier alpha value is -2.85. The third kappa shape index (κ3) is 4.61. The van der Waals surface area contributed by atoms with E-state index in [0.29, 0.717) is 13.0 Å². The van der Waals surface area contributed by atoms with E-state index < -0.39 is 24.3 Å². The van der Waals surface area contributed by atoms with Crippen molar-refractivity contribution >= 4 is 5.91 Å². The molecule has 0 unspecified atom stereocenters. The summed E-state index contributed by atoms with van der Waals surface area (Å²) < 4.78 is 63.3. The van der Waals surface area contributed by atoms with Crippen molar-refractivity contribution in [2.45, 2.75) is 25.6 Å². The Labute approximate surface area is 144 Å². The summed E-state index contributed by atoms with van der Waals surface area (Å²) in [4.78, 5) is 20.9. The van der Waals surface area contributed by atoms with Crippen LogP contribution in [-0.2, 0) is 6.61 Å². The van der Waals surface area contributed by atoms with Gasteiger partial charge in [-0.05, 0) is 12.5 Å². The fraction of sp³-hybridized carbons (Fsp3) is 0.400. The Bertz CT molecular complexity index is 763. The van der Waals surface area contributed by atoms with Crippen molar-refractivity contribution in [3.8, 4) is 11.6 Å². The largest absolute Gasteiger partial charge is 0.574 e. The maximum absolute atomic E-state index is 13.1. The van der Waals surface area contributed by atoms with E-state index in [4.69, 9.17) is 9.15 Å². The lowest BCUT2D eigenvalue weighted by Crippen LogP contribution is -2.29. The fourth-order valence-electron chi connectivity index (χ4n) is 2.32. The second-order valence-electron chi connectivity index (χ2n) is 5.43. The zero-order valence-electron chi connectivity index (χ0n) is 13.2. The molecule has 0 bridgehead atoms. The molecule has 3 heterocycles. The second kappa shape index (κ2) is 7.18. The number of oxazole rings is 1. The third-order valence-electron chi connectivity index (χ3n) is 3.48. The van der Waals surface area contributed by atoms with Crippen LogP contribution >= 0.6 is 0 Å². The van der Waals surface area contributed by atoms with Gasteiger partial charge in [0.15, 0.2) is 12.3 Å². The lowest BCUT2D eigenvalue weighted by atomic mass is 10.3. The Morgan fingerprint density at radius 1 is 1.38 bits per heavy atom. The number of likely N-dealkylation sites (tertiary alicyclic amines) is 1. The standard InChI is InChI=1S/C15H13F4N3O4/c16-9-3-4-22(6-9)14(23)11-7-25-13(21-11)8-24-10-1-2-12(20-5-10)26-15(17,18)19/h1-2,5,7,9H,3-4,6,8H2/t9-/m0/s1. The third-order valence-corrected chi connectivity index (χ3v) is 3.48. The lowest BCUT2D eigenvalue weighted by Gasteiger charge is -2.12. The summed E-state index contributed by atoms with van der Waals surface area (Å²) in [5.41, 5.74) is 0.0322. The van der Waals surface area contributed by atoms with Gasteiger partial charge in [0.25, 0.3) is 5.91 Å². The normalized spacial score (nSPS) is 17.4. The SMILES string of the molecule is O=C(c1coc(COc2ccc(OC(F)(F)F)nc2)n1)N1CC[C@H](F)C1. The van der Waals surface area contributed by atoms with Crippen molar-refractivity contribution in [3.63, 3.8) is 0 Å². The highest BCUT2D eigenvalue weighted by molar-refractivity contribution is 5.92. The molecule has 1 aliphatic heterocycles. The smallest absolute Gasteiger partial charge is 0.482 e. The van der Waals surface area contributed by atoms with Crippen molar-refractivity contribution in [3.05, 3.63) is 36.2 Å². The monoisotopic (exact) mass is 375 g/mol. The minimum Gasteiger partial charge on any atom is -0.482 e. The number of alkyl halides is 4. The Kier molecular flexibility index (Phi) is 4.96. The van der Waals surface area contributed by atoms with Gasteiger partial charge in [0.1, 0.15) is 18.2 Å². The van der Waals surface area contributed by atoms with Crippen LogP contribution in [0, 0.1) is 0 Å². The van der Waals surface area contributed by atoms with Gasteiger partial charge in [-0.25, -0.2) is 14.4 Å². The molecule has 2 aromatic rings. The van der Waals surface area contributed by atoms with Crippen LogP contribution in [-0.4, -0.2) is 46.4 Å². The van der Waals surface area contributed by atoms with Gasteiger partial charge in [-0.3, -0.25) is 4.79 Å². The van der Waals surface area contributed by atoms with E-state index in [1.807, 2.05) is 0 Å². The number of pyridine rings is 1.